The summed E-state index contributed by atoms with van der Waals surface area (Å²) >= 11 is 0. The first-order chi connectivity index (χ1) is 16.4. The smallest absolute Gasteiger partial charge is 0.449 e. The van der Waals surface area contributed by atoms with Crippen LogP contribution in [0.5, 0.6) is 5.75 Å². The van der Waals surface area contributed by atoms with Gasteiger partial charge in [0.25, 0.3) is 20.2 Å². The Balaban J connectivity index is 0.000000271. The maximum absolute atomic E-state index is 10.6. The van der Waals surface area contributed by atoms with E-state index < -0.39 is 26.4 Å². The average Bonchev–Trinajstić information content (AvgIpc) is 2.73. The van der Waals surface area contributed by atoms with Gasteiger partial charge in [0.15, 0.2) is 5.75 Å². The van der Waals surface area contributed by atoms with E-state index in [1.165, 1.54) is 42.5 Å². The zero-order valence-electron chi connectivity index (χ0n) is 18.7. The molecule has 0 atom stereocenters. The maximum Gasteiger partial charge on any atom is 0.511 e. The predicted octanol–water partition coefficient (Wildman–Crippen LogP) is 1.83. The summed E-state index contributed by atoms with van der Waals surface area (Å²) in [5, 5.41) is 8.33. The second kappa shape index (κ2) is 11.9. The molecule has 0 spiro atoms. The molecule has 0 aliphatic carbocycles. The minimum absolute atomic E-state index is 0.0216. The normalized spacial score (nSPS) is 10.8. The van der Waals surface area contributed by atoms with Crippen molar-refractivity contribution in [3.8, 4) is 5.75 Å². The zero-order valence-corrected chi connectivity index (χ0v) is 20.3. The van der Waals surface area contributed by atoms with E-state index in [2.05, 4.69) is 4.74 Å². The second-order valence-corrected chi connectivity index (χ2v) is 9.74. The van der Waals surface area contributed by atoms with E-state index in [1.54, 1.807) is 13.0 Å². The first kappa shape index (κ1) is 29.8. The molecule has 14 nitrogen and oxygen atoms in total. The number of hydrogen-bond acceptors (Lipinski definition) is 11. The van der Waals surface area contributed by atoms with E-state index in [0.29, 0.717) is 11.4 Å². The van der Waals surface area contributed by atoms with Crippen LogP contribution in [0.4, 0.5) is 33.2 Å². The summed E-state index contributed by atoms with van der Waals surface area (Å²) < 4.78 is 63.7. The Hall–Kier alpha value is -4.25. The summed E-state index contributed by atoms with van der Waals surface area (Å²) in [6.07, 6.45) is -1.41. The van der Waals surface area contributed by atoms with Gasteiger partial charge in [-0.3, -0.25) is 9.11 Å². The number of hydrogen-bond donors (Lipinski definition) is 8. The number of carbonyl (C=O) groups is 1. The monoisotopic (exact) mass is 543 g/mol. The highest BCUT2D eigenvalue weighted by Crippen LogP contribution is 2.27. The molecule has 0 amide bonds. The summed E-state index contributed by atoms with van der Waals surface area (Å²) in [5.74, 6) is 0.0654. The SMILES string of the molecule is Cc1cc(N)c(OC(=O)O)cc1N.Nc1ccc(N)c(S(=O)(=O)O)c1.Nc1ccc(S(=O)(=O)O)cc1. The number of rotatable bonds is 3. The van der Waals surface area contributed by atoms with Crippen molar-refractivity contribution in [2.24, 2.45) is 0 Å². The van der Waals surface area contributed by atoms with Crippen LogP contribution in [-0.2, 0) is 20.2 Å². The van der Waals surface area contributed by atoms with Gasteiger partial charge in [-0.1, -0.05) is 0 Å². The number of aryl methyl sites for hydroxylation is 1. The van der Waals surface area contributed by atoms with Gasteiger partial charge >= 0.3 is 6.16 Å². The van der Waals surface area contributed by atoms with Gasteiger partial charge in [0.2, 0.25) is 0 Å². The number of nitrogen functional groups attached to an aromatic ring is 5. The minimum atomic E-state index is -4.26. The van der Waals surface area contributed by atoms with Crippen LogP contribution in [-0.4, -0.2) is 37.2 Å². The lowest BCUT2D eigenvalue weighted by Gasteiger charge is -2.06. The Labute approximate surface area is 206 Å². The molecule has 0 aromatic heterocycles. The third kappa shape index (κ3) is 9.55. The molecule has 0 saturated carbocycles. The van der Waals surface area contributed by atoms with Crippen molar-refractivity contribution in [1.29, 1.82) is 0 Å². The summed E-state index contributed by atoms with van der Waals surface area (Å²) in [4.78, 5) is 9.69. The van der Waals surface area contributed by atoms with Crippen molar-refractivity contribution < 1.29 is 40.6 Å². The molecule has 0 aliphatic rings. The molecule has 16 heteroatoms. The topological polar surface area (TPSA) is 285 Å². The van der Waals surface area contributed by atoms with Crippen LogP contribution in [0.1, 0.15) is 5.56 Å². The fraction of sp³-hybridized carbons (Fsp3) is 0.0500. The van der Waals surface area contributed by atoms with Crippen molar-refractivity contribution in [3.63, 3.8) is 0 Å². The van der Waals surface area contributed by atoms with E-state index in [0.717, 1.165) is 11.6 Å². The predicted molar refractivity (Wildman–Crippen MR) is 134 cm³/mol. The highest BCUT2D eigenvalue weighted by Gasteiger charge is 2.13. The molecular weight excluding hydrogens is 518 g/mol. The molecule has 0 fully saturated rings. The Morgan fingerprint density at radius 1 is 0.722 bits per heavy atom. The molecule has 196 valence electrons. The lowest BCUT2D eigenvalue weighted by molar-refractivity contribution is 0.144. The van der Waals surface area contributed by atoms with Gasteiger partial charge < -0.3 is 38.5 Å². The van der Waals surface area contributed by atoms with Gasteiger partial charge in [-0.05, 0) is 61.0 Å². The van der Waals surface area contributed by atoms with Crippen molar-refractivity contribution in [3.05, 3.63) is 60.2 Å². The molecule has 0 unspecified atom stereocenters. The first-order valence-electron chi connectivity index (χ1n) is 9.43. The van der Waals surface area contributed by atoms with Crippen LogP contribution in [0.3, 0.4) is 0 Å². The molecule has 0 heterocycles. The molecule has 3 rings (SSSR count). The Bertz CT molecular complexity index is 1440. The molecule has 0 aliphatic heterocycles. The van der Waals surface area contributed by atoms with Crippen LogP contribution in [0.15, 0.2) is 64.4 Å². The van der Waals surface area contributed by atoms with Gasteiger partial charge in [0, 0.05) is 23.1 Å². The Kier molecular flexibility index (Phi) is 9.87. The van der Waals surface area contributed by atoms with Crippen LogP contribution < -0.4 is 33.4 Å². The van der Waals surface area contributed by atoms with Gasteiger partial charge in [-0.15, -0.1) is 0 Å². The minimum Gasteiger partial charge on any atom is -0.449 e. The molecule has 0 bridgehead atoms. The molecule has 0 saturated heterocycles. The number of carboxylic acid groups (broad SMARTS) is 1. The van der Waals surface area contributed by atoms with Gasteiger partial charge in [0.1, 0.15) is 4.90 Å². The highest BCUT2D eigenvalue weighted by molar-refractivity contribution is 7.86. The first-order valence-corrected chi connectivity index (χ1v) is 12.3. The molecular formula is C20H25N5O9S2. The van der Waals surface area contributed by atoms with Crippen LogP contribution >= 0.6 is 0 Å². The van der Waals surface area contributed by atoms with Gasteiger partial charge in [-0.2, -0.15) is 16.8 Å². The largest absolute Gasteiger partial charge is 0.511 e. The standard InChI is InChI=1S/C8H10N2O3.C6H8N2O3S.C6H7NO3S/c1-4-2-6(10)7(3-5(4)9)13-8(11)12;7-4-1-2-5(8)6(3-4)12(9,10)11;7-5-1-3-6(4-2-5)11(8,9)10/h2-3H,9-10H2,1H3,(H,11,12);1-3H,7-8H2,(H,9,10,11);1-4H,7H2,(H,8,9,10). The zero-order chi connectivity index (χ0) is 27.8. The van der Waals surface area contributed by atoms with Crippen molar-refractivity contribution >= 4 is 54.8 Å². The number of ether oxygens (including phenoxy) is 1. The fourth-order valence-electron chi connectivity index (χ4n) is 2.32. The molecule has 3 aromatic carbocycles. The number of anilines is 5. The van der Waals surface area contributed by atoms with Crippen molar-refractivity contribution in [2.75, 3.05) is 28.7 Å². The van der Waals surface area contributed by atoms with E-state index in [9.17, 15) is 21.6 Å². The Morgan fingerprint density at radius 3 is 1.69 bits per heavy atom. The third-order valence-corrected chi connectivity index (χ3v) is 5.87. The Morgan fingerprint density at radius 2 is 1.25 bits per heavy atom. The molecule has 13 N–H and O–H groups in total. The number of nitrogens with two attached hydrogens (primary N) is 5. The van der Waals surface area contributed by atoms with Crippen molar-refractivity contribution in [2.45, 2.75) is 16.7 Å². The van der Waals surface area contributed by atoms with Gasteiger partial charge in [0.05, 0.1) is 16.3 Å². The lowest BCUT2D eigenvalue weighted by Crippen LogP contribution is -2.06. The quantitative estimate of drug-likeness (QED) is 0.101. The highest BCUT2D eigenvalue weighted by atomic mass is 32.2. The van der Waals surface area contributed by atoms with E-state index >= 15 is 0 Å². The van der Waals surface area contributed by atoms with Crippen LogP contribution in [0.25, 0.3) is 0 Å². The molecule has 36 heavy (non-hydrogen) atoms. The lowest BCUT2D eigenvalue weighted by atomic mass is 10.2. The molecule has 0 radical (unpaired) electrons. The summed E-state index contributed by atoms with van der Waals surface area (Å²) in [6, 6.07) is 12.1. The van der Waals surface area contributed by atoms with E-state index in [-0.39, 0.29) is 32.6 Å². The van der Waals surface area contributed by atoms with E-state index in [4.69, 9.17) is 42.9 Å². The van der Waals surface area contributed by atoms with Gasteiger partial charge in [-0.25, -0.2) is 4.79 Å². The third-order valence-electron chi connectivity index (χ3n) is 4.09. The summed E-state index contributed by atoms with van der Waals surface area (Å²) in [5.41, 5.74) is 29.1. The van der Waals surface area contributed by atoms with Crippen LogP contribution in [0.2, 0.25) is 0 Å². The summed E-state index contributed by atoms with van der Waals surface area (Å²) in [7, 11) is -8.34. The van der Waals surface area contributed by atoms with E-state index in [1.807, 2.05) is 0 Å². The number of benzene rings is 3. The fourth-order valence-corrected chi connectivity index (χ4v) is 3.45. The second-order valence-electron chi connectivity index (χ2n) is 6.93. The van der Waals surface area contributed by atoms with Crippen molar-refractivity contribution in [1.82, 2.24) is 0 Å². The maximum atomic E-state index is 10.6. The summed E-state index contributed by atoms with van der Waals surface area (Å²) in [6.45, 7) is 1.77. The average molecular weight is 544 g/mol. The van der Waals surface area contributed by atoms with Crippen LogP contribution in [0, 0.1) is 6.92 Å². The molecule has 3 aromatic rings.